The third-order valence-corrected chi connectivity index (χ3v) is 5.25. The van der Waals surface area contributed by atoms with E-state index in [1.54, 1.807) is 7.11 Å². The molecule has 1 saturated carbocycles. The molecule has 1 unspecified atom stereocenters. The molecule has 24 heavy (non-hydrogen) atoms. The van der Waals surface area contributed by atoms with Gasteiger partial charge in [0.05, 0.1) is 5.54 Å². The third-order valence-electron chi connectivity index (χ3n) is 4.75. The number of amides is 1. The number of carbonyl (C=O) groups excluding carboxylic acids is 1. The van der Waals surface area contributed by atoms with Crippen molar-refractivity contribution in [1.82, 2.24) is 5.32 Å². The summed E-state index contributed by atoms with van der Waals surface area (Å²) in [4.78, 5) is 12.8. The summed E-state index contributed by atoms with van der Waals surface area (Å²) in [6.45, 7) is 1.11. The van der Waals surface area contributed by atoms with Gasteiger partial charge in [0.25, 0.3) is 0 Å². The Morgan fingerprint density at radius 1 is 1.42 bits per heavy atom. The number of hydrogen-bond donors (Lipinski definition) is 2. The fourth-order valence-electron chi connectivity index (χ4n) is 3.33. The van der Waals surface area contributed by atoms with Crippen LogP contribution in [0, 0.1) is 5.92 Å². The highest BCUT2D eigenvalue weighted by molar-refractivity contribution is 9.10. The van der Waals surface area contributed by atoms with Crippen LogP contribution in [0.15, 0.2) is 28.7 Å². The first-order valence-electron chi connectivity index (χ1n) is 8.34. The molecule has 0 aliphatic heterocycles. The van der Waals surface area contributed by atoms with Gasteiger partial charge in [0.15, 0.2) is 0 Å². The Kier molecular flexibility index (Phi) is 9.27. The molecule has 6 heteroatoms. The molecule has 0 saturated heterocycles. The number of benzene rings is 1. The number of carbonyl (C=O) groups is 1. The Labute approximate surface area is 159 Å². The van der Waals surface area contributed by atoms with Gasteiger partial charge >= 0.3 is 0 Å². The Bertz CT molecular complexity index is 521. The van der Waals surface area contributed by atoms with Crippen molar-refractivity contribution in [2.75, 3.05) is 20.3 Å². The monoisotopic (exact) mass is 418 g/mol. The molecule has 4 nitrogen and oxygen atoms in total. The molecule has 0 radical (unpaired) electrons. The summed E-state index contributed by atoms with van der Waals surface area (Å²) in [5, 5.41) is 3.25. The molecule has 1 fully saturated rings. The molecule has 0 aromatic heterocycles. The first-order valence-corrected chi connectivity index (χ1v) is 9.13. The first kappa shape index (κ1) is 21.4. The Morgan fingerprint density at radius 2 is 2.12 bits per heavy atom. The first-order chi connectivity index (χ1) is 11.1. The zero-order chi connectivity index (χ0) is 16.7. The van der Waals surface area contributed by atoms with Crippen molar-refractivity contribution >= 4 is 34.2 Å². The van der Waals surface area contributed by atoms with Crippen LogP contribution in [-0.2, 0) is 16.0 Å². The van der Waals surface area contributed by atoms with Crippen molar-refractivity contribution < 1.29 is 9.53 Å². The van der Waals surface area contributed by atoms with Gasteiger partial charge in [0.2, 0.25) is 5.91 Å². The van der Waals surface area contributed by atoms with Gasteiger partial charge in [0.1, 0.15) is 0 Å². The number of nitrogens with one attached hydrogen (secondary N) is 1. The predicted molar refractivity (Wildman–Crippen MR) is 103 cm³/mol. The van der Waals surface area contributed by atoms with Crippen LogP contribution in [-0.4, -0.2) is 31.7 Å². The van der Waals surface area contributed by atoms with Crippen LogP contribution in [0.5, 0.6) is 0 Å². The summed E-state index contributed by atoms with van der Waals surface area (Å²) in [5.74, 6) is 0.0163. The van der Waals surface area contributed by atoms with E-state index in [1.807, 2.05) is 12.1 Å². The lowest BCUT2D eigenvalue weighted by Crippen LogP contribution is -2.53. The van der Waals surface area contributed by atoms with Gasteiger partial charge in [-0.15, -0.1) is 12.4 Å². The SMILES string of the molecule is COCCC(Cc1cccc(Br)c1)C(=O)NC1(CN)CCCC1.Cl. The normalized spacial score (nSPS) is 17.1. The topological polar surface area (TPSA) is 64.3 Å². The molecule has 1 aromatic carbocycles. The lowest BCUT2D eigenvalue weighted by Gasteiger charge is -2.31. The Balaban J connectivity index is 0.00000288. The van der Waals surface area contributed by atoms with E-state index in [9.17, 15) is 4.79 Å². The average Bonchev–Trinajstić information content (AvgIpc) is 3.00. The summed E-state index contributed by atoms with van der Waals surface area (Å²) >= 11 is 3.49. The van der Waals surface area contributed by atoms with Crippen LogP contribution >= 0.6 is 28.3 Å². The van der Waals surface area contributed by atoms with Crippen LogP contribution in [0.3, 0.4) is 0 Å². The minimum Gasteiger partial charge on any atom is -0.385 e. The summed E-state index contributed by atoms with van der Waals surface area (Å²) in [6.07, 6.45) is 5.70. The number of methoxy groups -OCH3 is 1. The molecule has 1 aliphatic rings. The molecule has 1 aromatic rings. The summed E-state index contributed by atoms with van der Waals surface area (Å²) in [6, 6.07) is 8.13. The van der Waals surface area contributed by atoms with E-state index >= 15 is 0 Å². The minimum absolute atomic E-state index is 0. The molecule has 3 N–H and O–H groups in total. The van der Waals surface area contributed by atoms with E-state index in [0.29, 0.717) is 13.2 Å². The molecule has 1 aliphatic carbocycles. The van der Waals surface area contributed by atoms with Gasteiger partial charge in [-0.3, -0.25) is 4.79 Å². The van der Waals surface area contributed by atoms with E-state index < -0.39 is 0 Å². The molecular formula is C18H28BrClN2O2. The molecule has 0 spiro atoms. The average molecular weight is 420 g/mol. The quantitative estimate of drug-likeness (QED) is 0.678. The van der Waals surface area contributed by atoms with Gasteiger partial charge in [0, 0.05) is 30.7 Å². The second kappa shape index (κ2) is 10.4. The van der Waals surface area contributed by atoms with Crippen LogP contribution in [0.25, 0.3) is 0 Å². The van der Waals surface area contributed by atoms with Crippen LogP contribution < -0.4 is 11.1 Å². The van der Waals surface area contributed by atoms with Crippen molar-refractivity contribution in [3.8, 4) is 0 Å². The van der Waals surface area contributed by atoms with Gasteiger partial charge in [-0.2, -0.15) is 0 Å². The lowest BCUT2D eigenvalue weighted by atomic mass is 9.92. The fraction of sp³-hybridized carbons (Fsp3) is 0.611. The summed E-state index contributed by atoms with van der Waals surface area (Å²) in [7, 11) is 1.67. The van der Waals surface area contributed by atoms with Gasteiger partial charge in [-0.1, -0.05) is 40.9 Å². The Hall–Kier alpha value is -0.620. The van der Waals surface area contributed by atoms with Crippen molar-refractivity contribution in [2.24, 2.45) is 11.7 Å². The molecule has 2 rings (SSSR count). The van der Waals surface area contributed by atoms with Gasteiger partial charge in [-0.25, -0.2) is 0 Å². The summed E-state index contributed by atoms with van der Waals surface area (Å²) in [5.41, 5.74) is 6.91. The Morgan fingerprint density at radius 3 is 2.71 bits per heavy atom. The zero-order valence-corrected chi connectivity index (χ0v) is 16.6. The number of rotatable bonds is 8. The van der Waals surface area contributed by atoms with Gasteiger partial charge < -0.3 is 15.8 Å². The predicted octanol–water partition coefficient (Wildman–Crippen LogP) is 3.45. The third kappa shape index (κ3) is 6.03. The minimum atomic E-state index is -0.195. The maximum absolute atomic E-state index is 12.8. The van der Waals surface area contributed by atoms with E-state index in [1.165, 1.54) is 0 Å². The van der Waals surface area contributed by atoms with E-state index in [0.717, 1.165) is 48.6 Å². The van der Waals surface area contributed by atoms with E-state index in [-0.39, 0.29) is 29.8 Å². The van der Waals surface area contributed by atoms with Crippen molar-refractivity contribution in [3.63, 3.8) is 0 Å². The van der Waals surface area contributed by atoms with E-state index in [4.69, 9.17) is 10.5 Å². The lowest BCUT2D eigenvalue weighted by molar-refractivity contribution is -0.127. The van der Waals surface area contributed by atoms with Crippen LogP contribution in [0.2, 0.25) is 0 Å². The maximum atomic E-state index is 12.8. The highest BCUT2D eigenvalue weighted by atomic mass is 79.9. The second-order valence-electron chi connectivity index (χ2n) is 6.49. The largest absolute Gasteiger partial charge is 0.385 e. The van der Waals surface area contributed by atoms with Crippen molar-refractivity contribution in [1.29, 1.82) is 0 Å². The van der Waals surface area contributed by atoms with Crippen LogP contribution in [0.1, 0.15) is 37.7 Å². The molecule has 1 amide bonds. The van der Waals surface area contributed by atoms with Crippen LogP contribution in [0.4, 0.5) is 0 Å². The molecule has 1 atom stereocenters. The van der Waals surface area contributed by atoms with E-state index in [2.05, 4.69) is 33.4 Å². The van der Waals surface area contributed by atoms with Crippen molar-refractivity contribution in [3.05, 3.63) is 34.3 Å². The molecular weight excluding hydrogens is 392 g/mol. The molecule has 0 bridgehead atoms. The molecule has 0 heterocycles. The van der Waals surface area contributed by atoms with Crippen molar-refractivity contribution in [2.45, 2.75) is 44.1 Å². The summed E-state index contributed by atoms with van der Waals surface area (Å²) < 4.78 is 6.23. The second-order valence-corrected chi connectivity index (χ2v) is 7.41. The number of halogens is 2. The number of ether oxygens (including phenoxy) is 1. The highest BCUT2D eigenvalue weighted by Crippen LogP contribution is 2.29. The maximum Gasteiger partial charge on any atom is 0.224 e. The standard InChI is InChI=1S/C18H27BrN2O2.ClH/c1-23-10-7-15(11-14-5-4-6-16(19)12-14)17(22)21-18(13-20)8-2-3-9-18;/h4-6,12,15H,2-3,7-11,13,20H2,1H3,(H,21,22);1H. The number of hydrogen-bond acceptors (Lipinski definition) is 3. The molecule has 136 valence electrons. The number of nitrogens with two attached hydrogens (primary N) is 1. The van der Waals surface area contributed by atoms with Gasteiger partial charge in [-0.05, 0) is 43.4 Å². The fourth-order valence-corrected chi connectivity index (χ4v) is 3.78. The highest BCUT2D eigenvalue weighted by Gasteiger charge is 2.35. The smallest absolute Gasteiger partial charge is 0.224 e. The zero-order valence-electron chi connectivity index (χ0n) is 14.2.